The maximum Gasteiger partial charge on any atom is 0.245 e. The van der Waals surface area contributed by atoms with Crippen LogP contribution in [-0.2, 0) is 14.8 Å². The van der Waals surface area contributed by atoms with Crippen LogP contribution >= 0.6 is 15.9 Å². The average molecular weight is 341 g/mol. The molecule has 1 aromatic heterocycles. The molecule has 0 aliphatic carbocycles. The fourth-order valence-corrected chi connectivity index (χ4v) is 3.10. The molecule has 6 nitrogen and oxygen atoms in total. The Labute approximate surface area is 115 Å². The minimum Gasteiger partial charge on any atom is -0.381 e. The van der Waals surface area contributed by atoms with Gasteiger partial charge < -0.3 is 9.26 Å². The van der Waals surface area contributed by atoms with Gasteiger partial charge in [0.15, 0.2) is 5.76 Å². The zero-order chi connectivity index (χ0) is 13.6. The van der Waals surface area contributed by atoms with Gasteiger partial charge in [-0.15, -0.1) is 0 Å². The number of rotatable bonds is 8. The second kappa shape index (κ2) is 7.22. The molecule has 0 aliphatic rings. The molecular formula is C10H17BrN2O4S. The zero-order valence-corrected chi connectivity index (χ0v) is 12.8. The predicted octanol–water partition coefficient (Wildman–Crippen LogP) is 1.37. The first-order valence-corrected chi connectivity index (χ1v) is 8.15. The van der Waals surface area contributed by atoms with Crippen molar-refractivity contribution in [3.05, 3.63) is 11.5 Å². The molecule has 0 bridgehead atoms. The number of nitrogens with one attached hydrogen (secondary N) is 1. The van der Waals surface area contributed by atoms with E-state index in [2.05, 4.69) is 25.8 Å². The van der Waals surface area contributed by atoms with Crippen molar-refractivity contribution >= 4 is 26.0 Å². The highest BCUT2D eigenvalue weighted by molar-refractivity contribution is 9.09. The Balaban J connectivity index is 2.46. The second-order valence-electron chi connectivity index (χ2n) is 3.71. The van der Waals surface area contributed by atoms with Crippen LogP contribution in [0.5, 0.6) is 0 Å². The summed E-state index contributed by atoms with van der Waals surface area (Å²) in [5, 5.41) is 4.40. The SMILES string of the molecule is Cc1noc(C)c1S(=O)(=O)NCCCOCCBr. The van der Waals surface area contributed by atoms with Crippen LogP contribution in [0.4, 0.5) is 0 Å². The van der Waals surface area contributed by atoms with E-state index in [0.717, 1.165) is 5.33 Å². The molecule has 0 atom stereocenters. The summed E-state index contributed by atoms with van der Waals surface area (Å²) in [7, 11) is -3.54. The van der Waals surface area contributed by atoms with Gasteiger partial charge in [0.1, 0.15) is 10.6 Å². The van der Waals surface area contributed by atoms with E-state index in [1.165, 1.54) is 0 Å². The minimum atomic E-state index is -3.54. The number of alkyl halides is 1. The molecule has 0 saturated heterocycles. The lowest BCUT2D eigenvalue weighted by atomic mass is 10.4. The fourth-order valence-electron chi connectivity index (χ4n) is 1.47. The van der Waals surface area contributed by atoms with Crippen LogP contribution in [0.25, 0.3) is 0 Å². The van der Waals surface area contributed by atoms with Crippen molar-refractivity contribution in [2.75, 3.05) is 25.1 Å². The third kappa shape index (κ3) is 4.34. The van der Waals surface area contributed by atoms with Crippen LogP contribution in [0.15, 0.2) is 9.42 Å². The Bertz CT molecular complexity index is 453. The summed E-state index contributed by atoms with van der Waals surface area (Å²) in [4.78, 5) is 0.129. The van der Waals surface area contributed by atoms with Gasteiger partial charge in [0.2, 0.25) is 10.0 Å². The van der Waals surface area contributed by atoms with E-state index in [1.807, 2.05) is 0 Å². The van der Waals surface area contributed by atoms with Gasteiger partial charge in [-0.3, -0.25) is 0 Å². The van der Waals surface area contributed by atoms with Gasteiger partial charge in [-0.25, -0.2) is 13.1 Å². The quantitative estimate of drug-likeness (QED) is 0.571. The number of hydrogen-bond donors (Lipinski definition) is 1. The molecule has 0 spiro atoms. The van der Waals surface area contributed by atoms with E-state index >= 15 is 0 Å². The lowest BCUT2D eigenvalue weighted by molar-refractivity contribution is 0.149. The van der Waals surface area contributed by atoms with E-state index < -0.39 is 10.0 Å². The molecule has 1 rings (SSSR count). The van der Waals surface area contributed by atoms with Crippen molar-refractivity contribution in [1.82, 2.24) is 9.88 Å². The van der Waals surface area contributed by atoms with Gasteiger partial charge in [-0.1, -0.05) is 21.1 Å². The number of aromatic nitrogens is 1. The van der Waals surface area contributed by atoms with E-state index in [9.17, 15) is 8.42 Å². The van der Waals surface area contributed by atoms with Crippen molar-refractivity contribution in [1.29, 1.82) is 0 Å². The number of nitrogens with zero attached hydrogens (tertiary/aromatic N) is 1. The highest BCUT2D eigenvalue weighted by atomic mass is 79.9. The number of hydrogen-bond acceptors (Lipinski definition) is 5. The predicted molar refractivity (Wildman–Crippen MR) is 70.4 cm³/mol. The van der Waals surface area contributed by atoms with Crippen LogP contribution in [0.1, 0.15) is 17.9 Å². The lowest BCUT2D eigenvalue weighted by Crippen LogP contribution is -2.26. The normalized spacial score (nSPS) is 11.9. The molecule has 0 aliphatic heterocycles. The molecule has 1 N–H and O–H groups in total. The third-order valence-corrected chi connectivity index (χ3v) is 4.24. The highest BCUT2D eigenvalue weighted by Crippen LogP contribution is 2.18. The number of ether oxygens (including phenoxy) is 1. The number of aryl methyl sites for hydroxylation is 2. The van der Waals surface area contributed by atoms with Gasteiger partial charge in [0, 0.05) is 18.5 Å². The maximum atomic E-state index is 12.0. The largest absolute Gasteiger partial charge is 0.381 e. The van der Waals surface area contributed by atoms with Crippen LogP contribution in [0.2, 0.25) is 0 Å². The summed E-state index contributed by atoms with van der Waals surface area (Å²) < 4.78 is 36.5. The van der Waals surface area contributed by atoms with Crippen LogP contribution in [0.3, 0.4) is 0 Å². The van der Waals surface area contributed by atoms with E-state index in [-0.39, 0.29) is 4.90 Å². The molecule has 0 fully saturated rings. The molecule has 1 heterocycles. The molecule has 0 aromatic carbocycles. The van der Waals surface area contributed by atoms with Gasteiger partial charge >= 0.3 is 0 Å². The third-order valence-electron chi connectivity index (χ3n) is 2.22. The minimum absolute atomic E-state index is 0.129. The van der Waals surface area contributed by atoms with Crippen molar-refractivity contribution in [3.8, 4) is 0 Å². The zero-order valence-electron chi connectivity index (χ0n) is 10.4. The summed E-state index contributed by atoms with van der Waals surface area (Å²) >= 11 is 3.24. The molecular weight excluding hydrogens is 324 g/mol. The Morgan fingerprint density at radius 2 is 2.11 bits per heavy atom. The fraction of sp³-hybridized carbons (Fsp3) is 0.700. The average Bonchev–Trinajstić information content (AvgIpc) is 2.64. The molecule has 1 aromatic rings. The molecule has 0 unspecified atom stereocenters. The van der Waals surface area contributed by atoms with Crippen LogP contribution in [-0.4, -0.2) is 38.7 Å². The topological polar surface area (TPSA) is 81.4 Å². The molecule has 8 heteroatoms. The summed E-state index contributed by atoms with van der Waals surface area (Å²) in [5.74, 6) is 0.301. The van der Waals surface area contributed by atoms with Crippen molar-refractivity contribution in [3.63, 3.8) is 0 Å². The van der Waals surface area contributed by atoms with Gasteiger partial charge in [-0.05, 0) is 20.3 Å². The maximum absolute atomic E-state index is 12.0. The molecule has 104 valence electrons. The first kappa shape index (κ1) is 15.6. The van der Waals surface area contributed by atoms with E-state index in [1.54, 1.807) is 13.8 Å². The van der Waals surface area contributed by atoms with Gasteiger partial charge in [0.05, 0.1) is 6.61 Å². The standard InChI is InChI=1S/C10H17BrN2O4S/c1-8-10(9(2)17-13-8)18(14,15)12-5-3-6-16-7-4-11/h12H,3-7H2,1-2H3. The first-order valence-electron chi connectivity index (χ1n) is 5.55. The summed E-state index contributed by atoms with van der Waals surface area (Å²) in [5.41, 5.74) is 0.371. The van der Waals surface area contributed by atoms with Crippen molar-refractivity contribution in [2.24, 2.45) is 0 Å². The summed E-state index contributed by atoms with van der Waals surface area (Å²) in [6.45, 7) is 4.65. The Kier molecular flexibility index (Phi) is 6.27. The lowest BCUT2D eigenvalue weighted by Gasteiger charge is -2.06. The van der Waals surface area contributed by atoms with E-state index in [4.69, 9.17) is 9.26 Å². The van der Waals surface area contributed by atoms with E-state index in [0.29, 0.717) is 37.6 Å². The molecule has 0 radical (unpaired) electrons. The summed E-state index contributed by atoms with van der Waals surface area (Å²) in [6, 6.07) is 0. The summed E-state index contributed by atoms with van der Waals surface area (Å²) in [6.07, 6.45) is 0.621. The highest BCUT2D eigenvalue weighted by Gasteiger charge is 2.23. The number of halogens is 1. The first-order chi connectivity index (χ1) is 8.49. The smallest absolute Gasteiger partial charge is 0.245 e. The second-order valence-corrected chi connectivity index (χ2v) is 6.20. The van der Waals surface area contributed by atoms with Gasteiger partial charge in [-0.2, -0.15) is 0 Å². The monoisotopic (exact) mass is 340 g/mol. The Morgan fingerprint density at radius 1 is 1.39 bits per heavy atom. The molecule has 0 amide bonds. The molecule has 0 saturated carbocycles. The van der Waals surface area contributed by atoms with Crippen LogP contribution < -0.4 is 4.72 Å². The van der Waals surface area contributed by atoms with Crippen LogP contribution in [0, 0.1) is 13.8 Å². The van der Waals surface area contributed by atoms with Crippen molar-refractivity contribution in [2.45, 2.75) is 25.2 Å². The Hall–Kier alpha value is -0.440. The Morgan fingerprint density at radius 3 is 2.67 bits per heavy atom. The number of sulfonamides is 1. The van der Waals surface area contributed by atoms with Gasteiger partial charge in [0.25, 0.3) is 0 Å². The molecule has 18 heavy (non-hydrogen) atoms. The van der Waals surface area contributed by atoms with Crippen molar-refractivity contribution < 1.29 is 17.7 Å².